The van der Waals surface area contributed by atoms with Gasteiger partial charge in [-0.25, -0.2) is 0 Å². The lowest BCUT2D eigenvalue weighted by atomic mass is 10.0. The average Bonchev–Trinajstić information content (AvgIpc) is 2.91. The van der Waals surface area contributed by atoms with Crippen molar-refractivity contribution in [3.63, 3.8) is 0 Å². The Labute approximate surface area is 221 Å². The molecule has 3 aromatic carbocycles. The van der Waals surface area contributed by atoms with Crippen LogP contribution in [0.3, 0.4) is 0 Å². The number of amides is 2. The van der Waals surface area contributed by atoms with Gasteiger partial charge in [-0.15, -0.1) is 0 Å². The van der Waals surface area contributed by atoms with E-state index in [1.165, 1.54) is 0 Å². The topological polar surface area (TPSA) is 67.9 Å². The fourth-order valence-electron chi connectivity index (χ4n) is 3.68. The molecule has 0 radical (unpaired) electrons. The molecular formula is C29H33BrN2O4. The van der Waals surface area contributed by atoms with E-state index in [1.807, 2.05) is 68.4 Å². The summed E-state index contributed by atoms with van der Waals surface area (Å²) >= 11 is 3.46. The third-order valence-electron chi connectivity index (χ3n) is 5.96. The van der Waals surface area contributed by atoms with Gasteiger partial charge >= 0.3 is 0 Å². The van der Waals surface area contributed by atoms with Crippen molar-refractivity contribution in [1.82, 2.24) is 10.2 Å². The molecule has 0 saturated heterocycles. The fraction of sp³-hybridized carbons (Fsp3) is 0.310. The van der Waals surface area contributed by atoms with Gasteiger partial charge in [-0.1, -0.05) is 65.3 Å². The zero-order valence-corrected chi connectivity index (χ0v) is 22.5. The molecule has 36 heavy (non-hydrogen) atoms. The van der Waals surface area contributed by atoms with Crippen molar-refractivity contribution in [1.29, 1.82) is 0 Å². The van der Waals surface area contributed by atoms with Gasteiger partial charge in [0.25, 0.3) is 5.91 Å². The highest BCUT2D eigenvalue weighted by atomic mass is 79.9. The lowest BCUT2D eigenvalue weighted by Gasteiger charge is -2.32. The normalized spacial score (nSPS) is 12.3. The number of benzene rings is 3. The number of nitrogens with zero attached hydrogens (tertiary/aromatic N) is 1. The highest BCUT2D eigenvalue weighted by molar-refractivity contribution is 9.10. The molecule has 1 N–H and O–H groups in total. The summed E-state index contributed by atoms with van der Waals surface area (Å²) < 4.78 is 11.9. The van der Waals surface area contributed by atoms with E-state index < -0.39 is 6.04 Å². The van der Waals surface area contributed by atoms with E-state index in [4.69, 9.17) is 9.47 Å². The van der Waals surface area contributed by atoms with Gasteiger partial charge in [-0.05, 0) is 60.9 Å². The van der Waals surface area contributed by atoms with Gasteiger partial charge in [0.2, 0.25) is 5.91 Å². The maximum atomic E-state index is 13.6. The third kappa shape index (κ3) is 8.12. The summed E-state index contributed by atoms with van der Waals surface area (Å²) in [5.74, 6) is 0.809. The van der Waals surface area contributed by atoms with Crippen LogP contribution >= 0.6 is 15.9 Å². The minimum atomic E-state index is -0.697. The molecule has 0 aliphatic heterocycles. The number of hydrogen-bond acceptors (Lipinski definition) is 4. The van der Waals surface area contributed by atoms with Gasteiger partial charge in [-0.2, -0.15) is 0 Å². The summed E-state index contributed by atoms with van der Waals surface area (Å²) in [5, 5.41) is 3.07. The maximum Gasteiger partial charge on any atom is 0.261 e. The first kappa shape index (κ1) is 27.3. The molecule has 0 aliphatic carbocycles. The van der Waals surface area contributed by atoms with Gasteiger partial charge in [0.1, 0.15) is 17.5 Å². The highest BCUT2D eigenvalue weighted by Crippen LogP contribution is 2.20. The van der Waals surface area contributed by atoms with Gasteiger partial charge in [0, 0.05) is 23.5 Å². The van der Waals surface area contributed by atoms with Gasteiger partial charge in [-0.3, -0.25) is 9.59 Å². The molecule has 2 atom stereocenters. The van der Waals surface area contributed by atoms with Crippen molar-refractivity contribution in [2.24, 2.45) is 0 Å². The number of ether oxygens (including phenoxy) is 2. The molecule has 6 nitrogen and oxygen atoms in total. The van der Waals surface area contributed by atoms with Crippen LogP contribution in [0.25, 0.3) is 0 Å². The van der Waals surface area contributed by atoms with E-state index in [1.54, 1.807) is 36.3 Å². The van der Waals surface area contributed by atoms with Gasteiger partial charge in [0.15, 0.2) is 6.61 Å². The minimum Gasteiger partial charge on any atom is -0.497 e. The Morgan fingerprint density at radius 2 is 1.56 bits per heavy atom. The molecule has 3 rings (SSSR count). The van der Waals surface area contributed by atoms with Crippen LogP contribution in [0.5, 0.6) is 11.5 Å². The van der Waals surface area contributed by atoms with E-state index in [0.29, 0.717) is 17.9 Å². The fourth-order valence-corrected chi connectivity index (χ4v) is 3.95. The Bertz CT molecular complexity index is 1100. The third-order valence-corrected chi connectivity index (χ3v) is 6.49. The second kappa shape index (κ2) is 13.7. The molecular weight excluding hydrogens is 520 g/mol. The Balaban J connectivity index is 1.88. The monoisotopic (exact) mass is 552 g/mol. The lowest BCUT2D eigenvalue weighted by Crippen LogP contribution is -2.53. The SMILES string of the molecule is CC[C@@H](C)NC(=O)[C@@H](Cc1ccccc1)N(Cc1ccc(Br)cc1)C(=O)COc1ccc(OC)cc1. The minimum absolute atomic E-state index is 0.00375. The highest BCUT2D eigenvalue weighted by Gasteiger charge is 2.31. The molecule has 0 aromatic heterocycles. The number of nitrogens with one attached hydrogen (secondary N) is 1. The molecule has 0 bridgehead atoms. The largest absolute Gasteiger partial charge is 0.497 e. The first-order chi connectivity index (χ1) is 17.4. The van der Waals surface area contributed by atoms with Gasteiger partial charge in [0.05, 0.1) is 7.11 Å². The Morgan fingerprint density at radius 3 is 2.17 bits per heavy atom. The van der Waals surface area contributed by atoms with Crippen LogP contribution in [0.4, 0.5) is 0 Å². The van der Waals surface area contributed by atoms with Crippen molar-refractivity contribution in [2.45, 2.75) is 45.3 Å². The van der Waals surface area contributed by atoms with Crippen LogP contribution in [-0.4, -0.2) is 42.5 Å². The van der Waals surface area contributed by atoms with Crippen LogP contribution in [0, 0.1) is 0 Å². The summed E-state index contributed by atoms with van der Waals surface area (Å²) in [6, 6.07) is 23.9. The number of rotatable bonds is 12. The van der Waals surface area contributed by atoms with Crippen LogP contribution in [0.2, 0.25) is 0 Å². The summed E-state index contributed by atoms with van der Waals surface area (Å²) in [6.45, 7) is 4.07. The number of hydrogen-bond donors (Lipinski definition) is 1. The van der Waals surface area contributed by atoms with E-state index in [9.17, 15) is 9.59 Å². The van der Waals surface area contributed by atoms with Crippen LogP contribution in [0.1, 0.15) is 31.4 Å². The van der Waals surface area contributed by atoms with Gasteiger partial charge < -0.3 is 19.7 Å². The molecule has 7 heteroatoms. The van der Waals surface area contributed by atoms with E-state index >= 15 is 0 Å². The predicted octanol–water partition coefficient (Wildman–Crippen LogP) is 5.39. The van der Waals surface area contributed by atoms with Crippen molar-refractivity contribution in [2.75, 3.05) is 13.7 Å². The predicted molar refractivity (Wildman–Crippen MR) is 145 cm³/mol. The van der Waals surface area contributed by atoms with Crippen molar-refractivity contribution < 1.29 is 19.1 Å². The Morgan fingerprint density at radius 1 is 0.917 bits per heavy atom. The quantitative estimate of drug-likeness (QED) is 0.327. The van der Waals surface area contributed by atoms with Crippen molar-refractivity contribution >= 4 is 27.7 Å². The average molecular weight is 553 g/mol. The van der Waals surface area contributed by atoms with Crippen molar-refractivity contribution in [3.05, 3.63) is 94.5 Å². The summed E-state index contributed by atoms with van der Waals surface area (Å²) in [6.07, 6.45) is 1.19. The second-order valence-electron chi connectivity index (χ2n) is 8.64. The first-order valence-corrected chi connectivity index (χ1v) is 12.8. The zero-order chi connectivity index (χ0) is 25.9. The van der Waals surface area contributed by atoms with E-state index in [0.717, 1.165) is 22.0 Å². The van der Waals surface area contributed by atoms with E-state index in [-0.39, 0.29) is 31.0 Å². The zero-order valence-electron chi connectivity index (χ0n) is 20.9. The Kier molecular flexibility index (Phi) is 10.4. The molecule has 3 aromatic rings. The second-order valence-corrected chi connectivity index (χ2v) is 9.55. The molecule has 0 heterocycles. The summed E-state index contributed by atoms with van der Waals surface area (Å²) in [7, 11) is 1.59. The molecule has 0 spiro atoms. The van der Waals surface area contributed by atoms with E-state index in [2.05, 4.69) is 21.2 Å². The molecule has 190 valence electrons. The lowest BCUT2D eigenvalue weighted by molar-refractivity contribution is -0.143. The first-order valence-electron chi connectivity index (χ1n) is 12.0. The molecule has 0 fully saturated rings. The number of halogens is 1. The maximum absolute atomic E-state index is 13.6. The summed E-state index contributed by atoms with van der Waals surface area (Å²) in [5.41, 5.74) is 1.90. The molecule has 0 aliphatic rings. The van der Waals surface area contributed by atoms with Crippen LogP contribution in [-0.2, 0) is 22.6 Å². The number of carbonyl (C=O) groups is 2. The van der Waals surface area contributed by atoms with Crippen LogP contribution in [0.15, 0.2) is 83.3 Å². The molecule has 2 amide bonds. The number of methoxy groups -OCH3 is 1. The molecule has 0 saturated carbocycles. The number of carbonyl (C=O) groups excluding carboxylic acids is 2. The Hall–Kier alpha value is -3.32. The smallest absolute Gasteiger partial charge is 0.261 e. The van der Waals surface area contributed by atoms with Crippen molar-refractivity contribution in [3.8, 4) is 11.5 Å². The van der Waals surface area contributed by atoms with Crippen LogP contribution < -0.4 is 14.8 Å². The standard InChI is InChI=1S/C29H33BrN2O4/c1-4-21(2)31-29(34)27(18-22-8-6-5-7-9-22)32(19-23-10-12-24(30)13-11-23)28(33)20-36-26-16-14-25(35-3)15-17-26/h5-17,21,27H,4,18-20H2,1-3H3,(H,31,34)/t21-,27-/m1/s1. The molecule has 0 unspecified atom stereocenters. The summed E-state index contributed by atoms with van der Waals surface area (Å²) in [4.78, 5) is 28.7.